The standard InChI is InChI=1S/C10H21NO3/c1-12-7-5-11-4-2-3-6-14-10-8-13-9-10/h10-11H,2-9H2,1H3. The zero-order chi connectivity index (χ0) is 10.1. The van der Waals surface area contributed by atoms with Crippen molar-refractivity contribution in [2.24, 2.45) is 0 Å². The number of unbranched alkanes of at least 4 members (excludes halogenated alkanes) is 1. The van der Waals surface area contributed by atoms with Crippen molar-refractivity contribution in [2.75, 3.05) is 46.6 Å². The molecule has 0 saturated carbocycles. The van der Waals surface area contributed by atoms with E-state index >= 15 is 0 Å². The average molecular weight is 203 g/mol. The molecule has 1 saturated heterocycles. The van der Waals surface area contributed by atoms with Gasteiger partial charge in [-0.3, -0.25) is 0 Å². The summed E-state index contributed by atoms with van der Waals surface area (Å²) in [6, 6.07) is 0. The molecular formula is C10H21NO3. The van der Waals surface area contributed by atoms with Gasteiger partial charge in [-0.05, 0) is 19.4 Å². The van der Waals surface area contributed by atoms with Gasteiger partial charge in [0.1, 0.15) is 6.10 Å². The minimum Gasteiger partial charge on any atom is -0.383 e. The molecule has 4 nitrogen and oxygen atoms in total. The predicted octanol–water partition coefficient (Wildman–Crippen LogP) is 0.418. The largest absolute Gasteiger partial charge is 0.383 e. The minimum absolute atomic E-state index is 0.372. The van der Waals surface area contributed by atoms with Gasteiger partial charge in [0.2, 0.25) is 0 Å². The highest BCUT2D eigenvalue weighted by Crippen LogP contribution is 2.05. The van der Waals surface area contributed by atoms with Gasteiger partial charge in [0.05, 0.1) is 19.8 Å². The smallest absolute Gasteiger partial charge is 0.104 e. The van der Waals surface area contributed by atoms with E-state index in [1.54, 1.807) is 7.11 Å². The summed E-state index contributed by atoms with van der Waals surface area (Å²) in [6.45, 7) is 5.20. The van der Waals surface area contributed by atoms with Crippen molar-refractivity contribution in [1.82, 2.24) is 5.32 Å². The number of ether oxygens (including phenoxy) is 3. The van der Waals surface area contributed by atoms with E-state index in [0.29, 0.717) is 6.10 Å². The van der Waals surface area contributed by atoms with E-state index in [2.05, 4.69) is 5.32 Å². The topological polar surface area (TPSA) is 39.7 Å². The van der Waals surface area contributed by atoms with Crippen LogP contribution < -0.4 is 5.32 Å². The highest BCUT2D eigenvalue weighted by molar-refractivity contribution is 4.63. The van der Waals surface area contributed by atoms with Crippen molar-refractivity contribution < 1.29 is 14.2 Å². The van der Waals surface area contributed by atoms with Crippen LogP contribution in [0.25, 0.3) is 0 Å². The maximum atomic E-state index is 5.53. The Kier molecular flexibility index (Phi) is 6.95. The molecule has 0 spiro atoms. The second-order valence-electron chi connectivity index (χ2n) is 3.48. The van der Waals surface area contributed by atoms with Crippen molar-refractivity contribution in [1.29, 1.82) is 0 Å². The first-order valence-corrected chi connectivity index (χ1v) is 5.32. The Morgan fingerprint density at radius 2 is 2.07 bits per heavy atom. The van der Waals surface area contributed by atoms with E-state index in [1.165, 1.54) is 0 Å². The molecule has 0 aromatic carbocycles. The molecule has 1 rings (SSSR count). The molecule has 14 heavy (non-hydrogen) atoms. The molecule has 0 aliphatic carbocycles. The normalized spacial score (nSPS) is 16.9. The quantitative estimate of drug-likeness (QED) is 0.551. The second kappa shape index (κ2) is 8.17. The molecule has 1 aliphatic heterocycles. The molecule has 0 radical (unpaired) electrons. The summed E-state index contributed by atoms with van der Waals surface area (Å²) in [5.41, 5.74) is 0. The molecule has 0 aromatic rings. The van der Waals surface area contributed by atoms with Crippen LogP contribution in [0, 0.1) is 0 Å². The van der Waals surface area contributed by atoms with Crippen LogP contribution in [0.3, 0.4) is 0 Å². The van der Waals surface area contributed by atoms with Gasteiger partial charge in [0.15, 0.2) is 0 Å². The monoisotopic (exact) mass is 203 g/mol. The summed E-state index contributed by atoms with van der Waals surface area (Å²) in [5, 5.41) is 3.30. The van der Waals surface area contributed by atoms with Gasteiger partial charge in [-0.1, -0.05) is 0 Å². The molecule has 1 heterocycles. The maximum Gasteiger partial charge on any atom is 0.104 e. The van der Waals surface area contributed by atoms with Crippen molar-refractivity contribution in [3.05, 3.63) is 0 Å². The van der Waals surface area contributed by atoms with Crippen molar-refractivity contribution in [3.63, 3.8) is 0 Å². The van der Waals surface area contributed by atoms with Crippen LogP contribution in [0.2, 0.25) is 0 Å². The highest BCUT2D eigenvalue weighted by Gasteiger charge is 2.17. The number of nitrogens with one attached hydrogen (secondary N) is 1. The van der Waals surface area contributed by atoms with Crippen LogP contribution in [0.5, 0.6) is 0 Å². The van der Waals surface area contributed by atoms with E-state index < -0.39 is 0 Å². The fraction of sp³-hybridized carbons (Fsp3) is 1.00. The first-order chi connectivity index (χ1) is 6.93. The van der Waals surface area contributed by atoms with Gasteiger partial charge in [-0.2, -0.15) is 0 Å². The van der Waals surface area contributed by atoms with E-state index in [-0.39, 0.29) is 0 Å². The average Bonchev–Trinajstić information content (AvgIpc) is 2.13. The zero-order valence-corrected chi connectivity index (χ0v) is 8.96. The maximum absolute atomic E-state index is 5.53. The van der Waals surface area contributed by atoms with Crippen molar-refractivity contribution in [3.8, 4) is 0 Å². The van der Waals surface area contributed by atoms with Crippen LogP contribution in [0.4, 0.5) is 0 Å². The molecule has 0 amide bonds. The summed E-state index contributed by atoms with van der Waals surface area (Å²) < 4.78 is 15.5. The molecule has 4 heteroatoms. The summed E-state index contributed by atoms with van der Waals surface area (Å²) in [4.78, 5) is 0. The van der Waals surface area contributed by atoms with Crippen molar-refractivity contribution >= 4 is 0 Å². The Hall–Kier alpha value is -0.160. The Morgan fingerprint density at radius 1 is 1.21 bits per heavy atom. The second-order valence-corrected chi connectivity index (χ2v) is 3.48. The molecule has 0 unspecified atom stereocenters. The SMILES string of the molecule is COCCNCCCCOC1COC1. The van der Waals surface area contributed by atoms with E-state index in [1.807, 2.05) is 0 Å². The fourth-order valence-corrected chi connectivity index (χ4v) is 1.21. The molecule has 0 bridgehead atoms. The first kappa shape index (κ1) is 11.9. The van der Waals surface area contributed by atoms with Crippen LogP contribution in [-0.4, -0.2) is 52.7 Å². The summed E-state index contributed by atoms with van der Waals surface area (Å²) in [6.07, 6.45) is 2.66. The van der Waals surface area contributed by atoms with Gasteiger partial charge in [-0.15, -0.1) is 0 Å². The van der Waals surface area contributed by atoms with Crippen LogP contribution in [-0.2, 0) is 14.2 Å². The van der Waals surface area contributed by atoms with Gasteiger partial charge in [-0.25, -0.2) is 0 Å². The Morgan fingerprint density at radius 3 is 2.71 bits per heavy atom. The molecule has 1 aliphatic rings. The lowest BCUT2D eigenvalue weighted by molar-refractivity contribution is -0.129. The molecular weight excluding hydrogens is 182 g/mol. The third-order valence-corrected chi connectivity index (χ3v) is 2.19. The summed E-state index contributed by atoms with van der Waals surface area (Å²) in [7, 11) is 1.72. The number of hydrogen-bond donors (Lipinski definition) is 1. The number of rotatable bonds is 9. The Bertz CT molecular complexity index is 129. The Labute approximate surface area is 85.9 Å². The van der Waals surface area contributed by atoms with Crippen LogP contribution >= 0.6 is 0 Å². The van der Waals surface area contributed by atoms with Crippen LogP contribution in [0.1, 0.15) is 12.8 Å². The lowest BCUT2D eigenvalue weighted by Crippen LogP contribution is -2.36. The lowest BCUT2D eigenvalue weighted by Gasteiger charge is -2.25. The predicted molar refractivity (Wildman–Crippen MR) is 54.5 cm³/mol. The van der Waals surface area contributed by atoms with Crippen LogP contribution in [0.15, 0.2) is 0 Å². The van der Waals surface area contributed by atoms with E-state index in [4.69, 9.17) is 14.2 Å². The third-order valence-electron chi connectivity index (χ3n) is 2.19. The van der Waals surface area contributed by atoms with Gasteiger partial charge < -0.3 is 19.5 Å². The van der Waals surface area contributed by atoms with Crippen molar-refractivity contribution in [2.45, 2.75) is 18.9 Å². The van der Waals surface area contributed by atoms with Gasteiger partial charge in [0, 0.05) is 20.3 Å². The third kappa shape index (κ3) is 5.54. The summed E-state index contributed by atoms with van der Waals surface area (Å²) >= 11 is 0. The van der Waals surface area contributed by atoms with E-state index in [0.717, 1.165) is 52.4 Å². The number of methoxy groups -OCH3 is 1. The van der Waals surface area contributed by atoms with E-state index in [9.17, 15) is 0 Å². The fourth-order valence-electron chi connectivity index (χ4n) is 1.21. The molecule has 84 valence electrons. The van der Waals surface area contributed by atoms with Gasteiger partial charge >= 0.3 is 0 Å². The molecule has 1 N–H and O–H groups in total. The Balaban J connectivity index is 1.67. The minimum atomic E-state index is 0.372. The number of hydrogen-bond acceptors (Lipinski definition) is 4. The lowest BCUT2D eigenvalue weighted by atomic mass is 10.3. The van der Waals surface area contributed by atoms with Gasteiger partial charge in [0.25, 0.3) is 0 Å². The molecule has 1 fully saturated rings. The zero-order valence-electron chi connectivity index (χ0n) is 8.96. The first-order valence-electron chi connectivity index (χ1n) is 5.32. The molecule has 0 atom stereocenters. The highest BCUT2D eigenvalue weighted by atomic mass is 16.6. The molecule has 0 aromatic heterocycles. The summed E-state index contributed by atoms with van der Waals surface area (Å²) in [5.74, 6) is 0.